The van der Waals surface area contributed by atoms with Gasteiger partial charge in [0, 0.05) is 11.6 Å². The van der Waals surface area contributed by atoms with E-state index in [4.69, 9.17) is 20.3 Å². The van der Waals surface area contributed by atoms with Crippen LogP contribution in [-0.2, 0) is 22.0 Å². The highest BCUT2D eigenvalue weighted by Crippen LogP contribution is 2.46. The fourth-order valence-electron chi connectivity index (χ4n) is 5.06. The number of aliphatic carboxylic acids is 1. The van der Waals surface area contributed by atoms with Crippen LogP contribution in [0.2, 0.25) is 0 Å². The molecule has 0 saturated heterocycles. The Labute approximate surface area is 239 Å². The minimum atomic E-state index is -1.10. The minimum absolute atomic E-state index is 0.00552. The lowest BCUT2D eigenvalue weighted by molar-refractivity contribution is -0.138. The average Bonchev–Trinajstić information content (AvgIpc) is 2.92. The van der Waals surface area contributed by atoms with E-state index in [-0.39, 0.29) is 46.7 Å². The summed E-state index contributed by atoms with van der Waals surface area (Å²) in [4.78, 5) is 23.6. The summed E-state index contributed by atoms with van der Waals surface area (Å²) in [6.07, 6.45) is 2.29. The summed E-state index contributed by atoms with van der Waals surface area (Å²) >= 11 is 0. The first kappa shape index (κ1) is 29.6. The number of phenolic OH excluding ortho intramolecular Hbond substituents is 1. The van der Waals surface area contributed by atoms with E-state index in [0.717, 1.165) is 18.4 Å². The standard InChI is InChI=1S/C32H36N2O7/c1-31(2)13-14-32(3,4)25-16-20(7-12-24(25)31)27(34-39)18-40-22-10-11-23(28(35)17-22)30(38)41-21-8-5-19(6-9-21)15-26(33)29(36)37/h5-12,16-17,26,35,39H,13-15,18,33H2,1-4H3,(H,36,37). The number of carbonyl (C=O) groups excluding carboxylic acids is 1. The molecule has 0 heterocycles. The molecule has 0 spiro atoms. The number of oxime groups is 1. The molecule has 41 heavy (non-hydrogen) atoms. The predicted molar refractivity (Wildman–Crippen MR) is 154 cm³/mol. The third kappa shape index (κ3) is 6.69. The Kier molecular flexibility index (Phi) is 8.39. The molecule has 0 fully saturated rings. The van der Waals surface area contributed by atoms with Gasteiger partial charge in [0.2, 0.25) is 0 Å². The van der Waals surface area contributed by atoms with Gasteiger partial charge in [-0.15, -0.1) is 0 Å². The maximum atomic E-state index is 12.6. The highest BCUT2D eigenvalue weighted by molar-refractivity contribution is 6.01. The lowest BCUT2D eigenvalue weighted by atomic mass is 9.63. The second-order valence-corrected chi connectivity index (χ2v) is 11.7. The van der Waals surface area contributed by atoms with Gasteiger partial charge in [0.05, 0.1) is 0 Å². The maximum absolute atomic E-state index is 12.6. The van der Waals surface area contributed by atoms with Crippen LogP contribution in [0.1, 0.15) is 73.1 Å². The molecule has 3 aromatic carbocycles. The number of aromatic hydroxyl groups is 1. The third-order valence-corrected chi connectivity index (χ3v) is 7.78. The number of esters is 1. The number of carbonyl (C=O) groups is 2. The van der Waals surface area contributed by atoms with E-state index in [1.165, 1.54) is 41.5 Å². The Bertz CT molecular complexity index is 1480. The molecular weight excluding hydrogens is 524 g/mol. The monoisotopic (exact) mass is 560 g/mol. The molecule has 1 atom stereocenters. The van der Waals surface area contributed by atoms with Gasteiger partial charge in [-0.25, -0.2) is 4.79 Å². The number of benzene rings is 3. The molecule has 216 valence electrons. The first-order valence-corrected chi connectivity index (χ1v) is 13.4. The van der Waals surface area contributed by atoms with Crippen molar-refractivity contribution in [2.24, 2.45) is 10.9 Å². The fraction of sp³-hybridized carbons (Fsp3) is 0.344. The SMILES string of the molecule is CC1(C)CCC(C)(C)c2cc(C(COc3ccc(C(=O)Oc4ccc(CC(N)C(=O)O)cc4)c(O)c3)=NO)ccc21. The Balaban J connectivity index is 1.41. The number of carboxylic acids is 1. The van der Waals surface area contributed by atoms with Crippen molar-refractivity contribution in [3.63, 3.8) is 0 Å². The number of nitrogens with two attached hydrogens (primary N) is 1. The van der Waals surface area contributed by atoms with Gasteiger partial charge in [0.25, 0.3) is 0 Å². The van der Waals surface area contributed by atoms with Gasteiger partial charge in [-0.2, -0.15) is 0 Å². The van der Waals surface area contributed by atoms with Gasteiger partial charge in [-0.1, -0.05) is 57.1 Å². The Morgan fingerprint density at radius 1 is 0.927 bits per heavy atom. The number of ether oxygens (including phenoxy) is 2. The highest BCUT2D eigenvalue weighted by Gasteiger charge is 2.37. The Hall–Kier alpha value is -4.37. The molecule has 3 aromatic rings. The van der Waals surface area contributed by atoms with E-state index in [9.17, 15) is 19.9 Å². The normalized spacial score (nSPS) is 16.4. The molecule has 0 amide bonds. The summed E-state index contributed by atoms with van der Waals surface area (Å²) in [6.45, 7) is 8.88. The number of fused-ring (bicyclic) bond motifs is 1. The topological polar surface area (TPSA) is 152 Å². The van der Waals surface area contributed by atoms with Crippen LogP contribution in [0.3, 0.4) is 0 Å². The lowest BCUT2D eigenvalue weighted by Crippen LogP contribution is -2.34. The number of nitrogens with zero attached hydrogens (tertiary/aromatic N) is 1. The molecule has 1 unspecified atom stereocenters. The van der Waals surface area contributed by atoms with E-state index in [0.29, 0.717) is 11.3 Å². The van der Waals surface area contributed by atoms with E-state index >= 15 is 0 Å². The van der Waals surface area contributed by atoms with Gasteiger partial charge in [0.1, 0.15) is 41.2 Å². The third-order valence-electron chi connectivity index (χ3n) is 7.78. The van der Waals surface area contributed by atoms with Crippen LogP contribution in [-0.4, -0.2) is 45.7 Å². The van der Waals surface area contributed by atoms with Crippen molar-refractivity contribution < 1.29 is 34.5 Å². The number of hydrogen-bond donors (Lipinski definition) is 4. The van der Waals surface area contributed by atoms with Crippen LogP contribution in [0.4, 0.5) is 0 Å². The maximum Gasteiger partial charge on any atom is 0.347 e. The minimum Gasteiger partial charge on any atom is -0.507 e. The van der Waals surface area contributed by atoms with Crippen LogP contribution >= 0.6 is 0 Å². The van der Waals surface area contributed by atoms with E-state index in [2.05, 4.69) is 45.0 Å². The van der Waals surface area contributed by atoms with Gasteiger partial charge >= 0.3 is 11.9 Å². The molecule has 5 N–H and O–H groups in total. The van der Waals surface area contributed by atoms with Crippen LogP contribution in [0, 0.1) is 0 Å². The molecule has 0 radical (unpaired) electrons. The smallest absolute Gasteiger partial charge is 0.347 e. The van der Waals surface area contributed by atoms with Gasteiger partial charge in [0.15, 0.2) is 0 Å². The van der Waals surface area contributed by atoms with Crippen molar-refractivity contribution in [3.8, 4) is 17.2 Å². The second-order valence-electron chi connectivity index (χ2n) is 11.7. The number of rotatable bonds is 9. The molecule has 9 nitrogen and oxygen atoms in total. The summed E-state index contributed by atoms with van der Waals surface area (Å²) < 4.78 is 11.1. The number of hydrogen-bond acceptors (Lipinski definition) is 8. The molecule has 0 aliphatic heterocycles. The van der Waals surface area contributed by atoms with E-state index in [1.54, 1.807) is 12.1 Å². The fourth-order valence-corrected chi connectivity index (χ4v) is 5.06. The quantitative estimate of drug-likeness (QED) is 0.0919. The molecule has 0 bridgehead atoms. The molecular formula is C32H36N2O7. The zero-order chi connectivity index (χ0) is 29.9. The lowest BCUT2D eigenvalue weighted by Gasteiger charge is -2.42. The number of carboxylic acid groups (broad SMARTS) is 1. The van der Waals surface area contributed by atoms with Crippen molar-refractivity contribution in [1.29, 1.82) is 0 Å². The zero-order valence-electron chi connectivity index (χ0n) is 23.7. The predicted octanol–water partition coefficient (Wildman–Crippen LogP) is 5.17. The Morgan fingerprint density at radius 3 is 2.17 bits per heavy atom. The molecule has 1 aliphatic carbocycles. The first-order valence-electron chi connectivity index (χ1n) is 13.4. The summed E-state index contributed by atoms with van der Waals surface area (Å²) in [5.74, 6) is -1.71. The van der Waals surface area contributed by atoms with Crippen molar-refractivity contribution >= 4 is 17.7 Å². The van der Waals surface area contributed by atoms with Gasteiger partial charge in [-0.3, -0.25) is 4.79 Å². The number of phenols is 1. The van der Waals surface area contributed by atoms with Crippen LogP contribution in [0.5, 0.6) is 17.2 Å². The van der Waals surface area contributed by atoms with Crippen molar-refractivity contribution in [2.75, 3.05) is 6.61 Å². The molecule has 0 saturated carbocycles. The molecule has 9 heteroatoms. The average molecular weight is 561 g/mol. The van der Waals surface area contributed by atoms with Crippen LogP contribution < -0.4 is 15.2 Å². The van der Waals surface area contributed by atoms with Crippen LogP contribution in [0.25, 0.3) is 0 Å². The first-order chi connectivity index (χ1) is 19.3. The zero-order valence-corrected chi connectivity index (χ0v) is 23.7. The van der Waals surface area contributed by atoms with Crippen molar-refractivity contribution in [2.45, 2.75) is 63.8 Å². The highest BCUT2D eigenvalue weighted by atomic mass is 16.5. The summed E-state index contributed by atoms with van der Waals surface area (Å²) in [5.41, 5.74) is 9.83. The summed E-state index contributed by atoms with van der Waals surface area (Å²) in [7, 11) is 0. The van der Waals surface area contributed by atoms with Gasteiger partial charge < -0.3 is 30.6 Å². The largest absolute Gasteiger partial charge is 0.507 e. The van der Waals surface area contributed by atoms with Gasteiger partial charge in [-0.05, 0) is 77.1 Å². The van der Waals surface area contributed by atoms with Crippen LogP contribution in [0.15, 0.2) is 65.8 Å². The Morgan fingerprint density at radius 2 is 1.56 bits per heavy atom. The van der Waals surface area contributed by atoms with E-state index in [1.807, 2.05) is 6.07 Å². The second kappa shape index (κ2) is 11.6. The van der Waals surface area contributed by atoms with Crippen molar-refractivity contribution in [1.82, 2.24) is 0 Å². The summed E-state index contributed by atoms with van der Waals surface area (Å²) in [6, 6.07) is 15.5. The summed E-state index contributed by atoms with van der Waals surface area (Å²) in [5, 5.41) is 32.7. The van der Waals surface area contributed by atoms with E-state index < -0.39 is 18.0 Å². The van der Waals surface area contributed by atoms with Crippen molar-refractivity contribution in [3.05, 3.63) is 88.5 Å². The molecule has 1 aliphatic rings. The molecule has 0 aromatic heterocycles. The molecule has 4 rings (SSSR count).